The Morgan fingerprint density at radius 2 is 0.786 bits per heavy atom. The van der Waals surface area contributed by atoms with Crippen LogP contribution in [0.1, 0.15) is 0 Å². The van der Waals surface area contributed by atoms with Gasteiger partial charge in [0.05, 0.1) is 16.7 Å². The van der Waals surface area contributed by atoms with E-state index in [-0.39, 0.29) is 0 Å². The van der Waals surface area contributed by atoms with E-state index in [2.05, 4.69) is 240 Å². The number of aromatic nitrogens is 1. The first-order chi connectivity index (χ1) is 27.8. The zero-order chi connectivity index (χ0) is 37.3. The predicted octanol–water partition coefficient (Wildman–Crippen LogP) is 14.9. The van der Waals surface area contributed by atoms with Crippen molar-refractivity contribution in [3.63, 3.8) is 0 Å². The number of nitrogens with zero attached hydrogens (tertiary/aromatic N) is 2. The third kappa shape index (κ3) is 5.95. The Bertz CT molecular complexity index is 2950. The van der Waals surface area contributed by atoms with Crippen LogP contribution in [0.4, 0.5) is 17.1 Å². The second-order valence-electron chi connectivity index (χ2n) is 14.1. The lowest BCUT2D eigenvalue weighted by Crippen LogP contribution is -2.11. The lowest BCUT2D eigenvalue weighted by molar-refractivity contribution is 1.18. The molecular weight excluding hydrogens is 677 g/mol. The van der Waals surface area contributed by atoms with E-state index in [1.54, 1.807) is 0 Å². The summed E-state index contributed by atoms with van der Waals surface area (Å²) >= 11 is 0. The maximum atomic E-state index is 2.43. The van der Waals surface area contributed by atoms with E-state index in [1.165, 1.54) is 55.2 Å². The van der Waals surface area contributed by atoms with Gasteiger partial charge in [-0.15, -0.1) is 0 Å². The Balaban J connectivity index is 1.25. The van der Waals surface area contributed by atoms with Crippen molar-refractivity contribution < 1.29 is 0 Å². The molecule has 0 bridgehead atoms. The number of para-hydroxylation sites is 3. The van der Waals surface area contributed by atoms with E-state index in [0.717, 1.165) is 33.8 Å². The zero-order valence-corrected chi connectivity index (χ0v) is 30.8. The SMILES string of the molecule is c1ccc(-c2ccccc2-c2ccc(N(c3ccccc3)c3ccc4c5ccccc5n(-c5ccccc5)c4c3)c(-c3ccccc3-c3ccccc3)c2)cc1. The quantitative estimate of drug-likeness (QED) is 0.152. The van der Waals surface area contributed by atoms with Crippen LogP contribution in [-0.2, 0) is 0 Å². The summed E-state index contributed by atoms with van der Waals surface area (Å²) < 4.78 is 2.40. The summed E-state index contributed by atoms with van der Waals surface area (Å²) in [4.78, 5) is 2.43. The highest BCUT2D eigenvalue weighted by atomic mass is 15.1. The number of fused-ring (bicyclic) bond motifs is 3. The molecule has 1 aromatic heterocycles. The molecule has 0 saturated heterocycles. The summed E-state index contributed by atoms with van der Waals surface area (Å²) in [6.45, 7) is 0. The molecule has 10 aromatic rings. The van der Waals surface area contributed by atoms with Gasteiger partial charge in [-0.25, -0.2) is 0 Å². The van der Waals surface area contributed by atoms with Crippen LogP contribution < -0.4 is 4.90 Å². The van der Waals surface area contributed by atoms with E-state index in [0.29, 0.717) is 0 Å². The maximum absolute atomic E-state index is 2.43. The molecule has 0 aliphatic carbocycles. The van der Waals surface area contributed by atoms with Gasteiger partial charge in [0, 0.05) is 33.4 Å². The largest absolute Gasteiger partial charge is 0.310 e. The molecule has 0 atom stereocenters. The van der Waals surface area contributed by atoms with Crippen LogP contribution >= 0.6 is 0 Å². The van der Waals surface area contributed by atoms with Crippen LogP contribution in [0.25, 0.3) is 72.0 Å². The monoisotopic (exact) mass is 714 g/mol. The fraction of sp³-hybridized carbons (Fsp3) is 0. The minimum Gasteiger partial charge on any atom is -0.310 e. The van der Waals surface area contributed by atoms with Gasteiger partial charge in [-0.1, -0.05) is 176 Å². The molecule has 0 saturated carbocycles. The number of rotatable bonds is 8. The normalized spacial score (nSPS) is 11.2. The summed E-state index contributed by atoms with van der Waals surface area (Å²) in [6, 6.07) is 83.1. The molecule has 264 valence electrons. The van der Waals surface area contributed by atoms with Crippen molar-refractivity contribution in [1.82, 2.24) is 4.57 Å². The standard InChI is InChI=1S/C54H38N2/c1-5-19-39(20-6-1)45-27-13-14-29-47(45)41-33-36-53(51(37-41)48-30-16-15-28-46(48)40-21-7-2-8-22-40)55(42-23-9-3-10-24-42)44-34-35-50-49-31-17-18-32-52(49)56(54(50)38-44)43-25-11-4-12-26-43/h1-38H. The Morgan fingerprint density at radius 1 is 0.286 bits per heavy atom. The number of hydrogen-bond acceptors (Lipinski definition) is 1. The Morgan fingerprint density at radius 3 is 1.45 bits per heavy atom. The van der Waals surface area contributed by atoms with Crippen molar-refractivity contribution >= 4 is 38.9 Å². The first kappa shape index (κ1) is 33.2. The van der Waals surface area contributed by atoms with Gasteiger partial charge < -0.3 is 9.47 Å². The maximum Gasteiger partial charge on any atom is 0.0561 e. The van der Waals surface area contributed by atoms with E-state index < -0.39 is 0 Å². The molecule has 56 heavy (non-hydrogen) atoms. The third-order valence-corrected chi connectivity index (χ3v) is 10.8. The molecule has 9 aromatic carbocycles. The number of anilines is 3. The molecule has 0 N–H and O–H groups in total. The van der Waals surface area contributed by atoms with Crippen molar-refractivity contribution in [2.45, 2.75) is 0 Å². The summed E-state index contributed by atoms with van der Waals surface area (Å²) in [5, 5.41) is 2.46. The predicted molar refractivity (Wildman–Crippen MR) is 237 cm³/mol. The van der Waals surface area contributed by atoms with Gasteiger partial charge in [0.2, 0.25) is 0 Å². The van der Waals surface area contributed by atoms with Gasteiger partial charge in [0.1, 0.15) is 0 Å². The van der Waals surface area contributed by atoms with Crippen LogP contribution in [-0.4, -0.2) is 4.57 Å². The van der Waals surface area contributed by atoms with Gasteiger partial charge >= 0.3 is 0 Å². The topological polar surface area (TPSA) is 8.17 Å². The molecule has 2 heteroatoms. The Kier molecular flexibility index (Phi) is 8.55. The van der Waals surface area contributed by atoms with Crippen molar-refractivity contribution in [2.75, 3.05) is 4.90 Å². The minimum atomic E-state index is 1.08. The highest BCUT2D eigenvalue weighted by Crippen LogP contribution is 2.47. The molecule has 2 nitrogen and oxygen atoms in total. The molecule has 0 radical (unpaired) electrons. The minimum absolute atomic E-state index is 1.08. The molecule has 0 fully saturated rings. The van der Waals surface area contributed by atoms with Crippen molar-refractivity contribution in [3.8, 4) is 50.2 Å². The number of benzene rings is 9. The highest BCUT2D eigenvalue weighted by molar-refractivity contribution is 6.10. The Hall–Kier alpha value is -7.42. The molecule has 0 aliphatic heterocycles. The van der Waals surface area contributed by atoms with Crippen molar-refractivity contribution in [2.24, 2.45) is 0 Å². The fourth-order valence-corrected chi connectivity index (χ4v) is 8.26. The first-order valence-electron chi connectivity index (χ1n) is 19.2. The van der Waals surface area contributed by atoms with Crippen molar-refractivity contribution in [3.05, 3.63) is 231 Å². The fourth-order valence-electron chi connectivity index (χ4n) is 8.26. The van der Waals surface area contributed by atoms with E-state index in [1.807, 2.05) is 0 Å². The summed E-state index contributed by atoms with van der Waals surface area (Å²) in [6.07, 6.45) is 0. The van der Waals surface area contributed by atoms with Gasteiger partial charge in [0.15, 0.2) is 0 Å². The summed E-state index contributed by atoms with van der Waals surface area (Å²) in [5.74, 6) is 0. The molecule has 0 aliphatic rings. The van der Waals surface area contributed by atoms with Crippen LogP contribution in [0, 0.1) is 0 Å². The smallest absolute Gasteiger partial charge is 0.0561 e. The van der Waals surface area contributed by atoms with Crippen LogP contribution in [0.2, 0.25) is 0 Å². The summed E-state index contributed by atoms with van der Waals surface area (Å²) in [7, 11) is 0. The Labute approximate surface area is 327 Å². The van der Waals surface area contributed by atoms with Gasteiger partial charge in [-0.3, -0.25) is 0 Å². The molecule has 0 amide bonds. The van der Waals surface area contributed by atoms with Crippen LogP contribution in [0.15, 0.2) is 231 Å². The molecular formula is C54H38N2. The lowest BCUT2D eigenvalue weighted by Gasteiger charge is -2.29. The lowest BCUT2D eigenvalue weighted by atomic mass is 9.89. The van der Waals surface area contributed by atoms with E-state index in [9.17, 15) is 0 Å². The van der Waals surface area contributed by atoms with Crippen molar-refractivity contribution in [1.29, 1.82) is 0 Å². The molecule has 0 spiro atoms. The van der Waals surface area contributed by atoms with Gasteiger partial charge in [0.25, 0.3) is 0 Å². The second kappa shape index (κ2) is 14.4. The summed E-state index contributed by atoms with van der Waals surface area (Å²) in [5.41, 5.74) is 16.2. The van der Waals surface area contributed by atoms with Gasteiger partial charge in [-0.2, -0.15) is 0 Å². The van der Waals surface area contributed by atoms with E-state index in [4.69, 9.17) is 0 Å². The first-order valence-corrected chi connectivity index (χ1v) is 19.2. The molecule has 1 heterocycles. The second-order valence-corrected chi connectivity index (χ2v) is 14.1. The zero-order valence-electron chi connectivity index (χ0n) is 30.8. The van der Waals surface area contributed by atoms with Crippen LogP contribution in [0.5, 0.6) is 0 Å². The molecule has 10 rings (SSSR count). The van der Waals surface area contributed by atoms with Gasteiger partial charge in [-0.05, 0) is 93.5 Å². The average Bonchev–Trinajstić information content (AvgIpc) is 3.61. The highest BCUT2D eigenvalue weighted by Gasteiger charge is 2.22. The average molecular weight is 715 g/mol. The third-order valence-electron chi connectivity index (χ3n) is 10.8. The number of hydrogen-bond donors (Lipinski definition) is 0. The van der Waals surface area contributed by atoms with Crippen LogP contribution in [0.3, 0.4) is 0 Å². The molecule has 0 unspecified atom stereocenters. The van der Waals surface area contributed by atoms with E-state index >= 15 is 0 Å².